The van der Waals surface area contributed by atoms with Gasteiger partial charge in [0.15, 0.2) is 0 Å². The number of benzene rings is 1. The van der Waals surface area contributed by atoms with Crippen molar-refractivity contribution in [3.63, 3.8) is 0 Å². The minimum atomic E-state index is 0.448. The average Bonchev–Trinajstić information content (AvgIpc) is 2.72. The molecule has 0 bridgehead atoms. The number of aromatic nitrogens is 2. The molecule has 0 radical (unpaired) electrons. The Labute approximate surface area is 118 Å². The Morgan fingerprint density at radius 1 is 1.35 bits per heavy atom. The lowest BCUT2D eigenvalue weighted by Gasteiger charge is -2.12. The summed E-state index contributed by atoms with van der Waals surface area (Å²) >= 11 is 7.01. The summed E-state index contributed by atoms with van der Waals surface area (Å²) < 4.78 is 3.09. The van der Waals surface area contributed by atoms with E-state index in [1.165, 1.54) is 11.3 Å². The van der Waals surface area contributed by atoms with Crippen molar-refractivity contribution in [2.24, 2.45) is 0 Å². The molecule has 0 aliphatic heterocycles. The molecule has 4 heteroatoms. The summed E-state index contributed by atoms with van der Waals surface area (Å²) in [7, 11) is 0. The van der Waals surface area contributed by atoms with Crippen LogP contribution in [0.15, 0.2) is 34.9 Å². The molecule has 0 saturated heterocycles. The van der Waals surface area contributed by atoms with Gasteiger partial charge in [0, 0.05) is 15.4 Å². The van der Waals surface area contributed by atoms with Gasteiger partial charge < -0.3 is 0 Å². The van der Waals surface area contributed by atoms with Crippen molar-refractivity contribution in [1.29, 1.82) is 0 Å². The number of hydrogen-bond donors (Lipinski definition) is 0. The number of alkyl halides is 1. The zero-order valence-corrected chi connectivity index (χ0v) is 13.0. The Hall–Kier alpha value is -0.610. The first-order valence-electron chi connectivity index (χ1n) is 5.52. The Kier molecular flexibility index (Phi) is 4.05. The van der Waals surface area contributed by atoms with Crippen LogP contribution in [0.3, 0.4) is 0 Å². The molecule has 0 fully saturated rings. The first-order valence-corrected chi connectivity index (χ1v) is 7.43. The van der Waals surface area contributed by atoms with Crippen LogP contribution in [-0.2, 0) is 5.33 Å². The molecule has 0 atom stereocenters. The van der Waals surface area contributed by atoms with E-state index >= 15 is 0 Å². The van der Waals surface area contributed by atoms with Crippen LogP contribution in [0, 0.1) is 0 Å². The van der Waals surface area contributed by atoms with E-state index in [1.807, 2.05) is 23.0 Å². The van der Waals surface area contributed by atoms with Crippen molar-refractivity contribution in [3.8, 4) is 5.69 Å². The molecule has 0 saturated carbocycles. The molecule has 0 amide bonds. The maximum absolute atomic E-state index is 4.49. The average molecular weight is 358 g/mol. The summed E-state index contributed by atoms with van der Waals surface area (Å²) in [6.07, 6.45) is 1.94. The van der Waals surface area contributed by atoms with Crippen LogP contribution in [0.25, 0.3) is 5.69 Å². The fraction of sp³-hybridized carbons (Fsp3) is 0.308. The van der Waals surface area contributed by atoms with Crippen LogP contribution in [0.4, 0.5) is 0 Å². The molecule has 1 aromatic heterocycles. The Bertz CT molecular complexity index is 518. The molecule has 2 aromatic rings. The van der Waals surface area contributed by atoms with Crippen molar-refractivity contribution in [1.82, 2.24) is 9.78 Å². The van der Waals surface area contributed by atoms with Crippen LogP contribution in [-0.4, -0.2) is 9.78 Å². The van der Waals surface area contributed by atoms with Gasteiger partial charge in [0.25, 0.3) is 0 Å². The molecule has 0 unspecified atom stereocenters. The second-order valence-corrected chi connectivity index (χ2v) is 5.71. The third-order valence-electron chi connectivity index (χ3n) is 2.63. The van der Waals surface area contributed by atoms with E-state index in [0.717, 1.165) is 15.5 Å². The molecule has 2 rings (SSSR count). The predicted octanol–water partition coefficient (Wildman–Crippen LogP) is 4.65. The molecule has 0 aliphatic carbocycles. The highest BCUT2D eigenvalue weighted by Crippen LogP contribution is 2.25. The number of nitrogens with zero attached hydrogens (tertiary/aromatic N) is 2. The van der Waals surface area contributed by atoms with Crippen molar-refractivity contribution in [3.05, 3.63) is 46.2 Å². The summed E-state index contributed by atoms with van der Waals surface area (Å²) in [5, 5.41) is 5.33. The zero-order chi connectivity index (χ0) is 12.4. The largest absolute Gasteiger partial charge is 0.237 e. The van der Waals surface area contributed by atoms with Gasteiger partial charge in [-0.05, 0) is 24.1 Å². The predicted molar refractivity (Wildman–Crippen MR) is 78.0 cm³/mol. The van der Waals surface area contributed by atoms with Crippen molar-refractivity contribution in [2.45, 2.75) is 25.1 Å². The third-order valence-corrected chi connectivity index (χ3v) is 3.73. The molecular formula is C13H14Br2N2. The molecule has 2 nitrogen and oxygen atoms in total. The first kappa shape index (κ1) is 12.8. The standard InChI is InChI=1S/C13H14Br2N2/c1-9(2)13-10(7-14)8-16-17(13)12-5-3-4-11(15)6-12/h3-6,8-9H,7H2,1-2H3. The molecule has 90 valence electrons. The third kappa shape index (κ3) is 2.63. The lowest BCUT2D eigenvalue weighted by atomic mass is 10.1. The van der Waals surface area contributed by atoms with Gasteiger partial charge in [0.1, 0.15) is 0 Å². The fourth-order valence-electron chi connectivity index (χ4n) is 1.92. The lowest BCUT2D eigenvalue weighted by Crippen LogP contribution is -2.05. The highest BCUT2D eigenvalue weighted by Gasteiger charge is 2.14. The van der Waals surface area contributed by atoms with Crippen LogP contribution < -0.4 is 0 Å². The van der Waals surface area contributed by atoms with Gasteiger partial charge in [-0.25, -0.2) is 4.68 Å². The lowest BCUT2D eigenvalue weighted by molar-refractivity contribution is 0.729. The molecule has 1 aromatic carbocycles. The van der Waals surface area contributed by atoms with Crippen molar-refractivity contribution < 1.29 is 0 Å². The molecule has 0 N–H and O–H groups in total. The van der Waals surface area contributed by atoms with Gasteiger partial charge in [-0.2, -0.15) is 5.10 Å². The topological polar surface area (TPSA) is 17.8 Å². The number of hydrogen-bond acceptors (Lipinski definition) is 1. The van der Waals surface area contributed by atoms with Crippen LogP contribution in [0.2, 0.25) is 0 Å². The molecule has 17 heavy (non-hydrogen) atoms. The molecular weight excluding hydrogens is 344 g/mol. The molecule has 0 spiro atoms. The highest BCUT2D eigenvalue weighted by atomic mass is 79.9. The summed E-state index contributed by atoms with van der Waals surface area (Å²) in [5.74, 6) is 0.448. The molecule has 0 aliphatic rings. The van der Waals surface area contributed by atoms with E-state index in [4.69, 9.17) is 0 Å². The van der Waals surface area contributed by atoms with Crippen molar-refractivity contribution >= 4 is 31.9 Å². The van der Waals surface area contributed by atoms with E-state index in [2.05, 4.69) is 62.9 Å². The maximum atomic E-state index is 4.49. The zero-order valence-electron chi connectivity index (χ0n) is 9.82. The van der Waals surface area contributed by atoms with Crippen molar-refractivity contribution in [2.75, 3.05) is 0 Å². The van der Waals surface area contributed by atoms with E-state index in [0.29, 0.717) is 5.92 Å². The Morgan fingerprint density at radius 2 is 2.12 bits per heavy atom. The Morgan fingerprint density at radius 3 is 2.71 bits per heavy atom. The van der Waals surface area contributed by atoms with Gasteiger partial charge in [-0.1, -0.05) is 51.8 Å². The van der Waals surface area contributed by atoms with E-state index in [-0.39, 0.29) is 0 Å². The van der Waals surface area contributed by atoms with Crippen LogP contribution in [0.1, 0.15) is 31.0 Å². The fourth-order valence-corrected chi connectivity index (χ4v) is 2.74. The Balaban J connectivity index is 2.56. The highest BCUT2D eigenvalue weighted by molar-refractivity contribution is 9.10. The maximum Gasteiger partial charge on any atom is 0.0660 e. The minimum absolute atomic E-state index is 0.448. The molecule has 1 heterocycles. The van der Waals surface area contributed by atoms with Gasteiger partial charge in [-0.3, -0.25) is 0 Å². The van der Waals surface area contributed by atoms with Gasteiger partial charge in [0.2, 0.25) is 0 Å². The second-order valence-electron chi connectivity index (χ2n) is 4.24. The first-order chi connectivity index (χ1) is 8.13. The summed E-state index contributed by atoms with van der Waals surface area (Å²) in [6, 6.07) is 8.20. The number of rotatable bonds is 3. The number of halogens is 2. The quantitative estimate of drug-likeness (QED) is 0.731. The summed E-state index contributed by atoms with van der Waals surface area (Å²) in [4.78, 5) is 0. The van der Waals surface area contributed by atoms with Crippen LogP contribution in [0.5, 0.6) is 0 Å². The summed E-state index contributed by atoms with van der Waals surface area (Å²) in [6.45, 7) is 4.38. The normalized spacial score (nSPS) is 11.1. The van der Waals surface area contributed by atoms with E-state index in [1.54, 1.807) is 0 Å². The van der Waals surface area contributed by atoms with Gasteiger partial charge >= 0.3 is 0 Å². The van der Waals surface area contributed by atoms with Crippen LogP contribution >= 0.6 is 31.9 Å². The van der Waals surface area contributed by atoms with E-state index < -0.39 is 0 Å². The SMILES string of the molecule is CC(C)c1c(CBr)cnn1-c1cccc(Br)c1. The van der Waals surface area contributed by atoms with Gasteiger partial charge in [-0.15, -0.1) is 0 Å². The monoisotopic (exact) mass is 356 g/mol. The second kappa shape index (κ2) is 5.36. The van der Waals surface area contributed by atoms with Gasteiger partial charge in [0.05, 0.1) is 17.6 Å². The minimum Gasteiger partial charge on any atom is -0.237 e. The summed E-state index contributed by atoms with van der Waals surface area (Å²) in [5.41, 5.74) is 3.61. The van der Waals surface area contributed by atoms with E-state index in [9.17, 15) is 0 Å². The smallest absolute Gasteiger partial charge is 0.0660 e.